The number of nitrogens with zero attached hydrogens (tertiary/aromatic N) is 1. The lowest BCUT2D eigenvalue weighted by Crippen LogP contribution is -2.21. The molecule has 0 aliphatic heterocycles. The topological polar surface area (TPSA) is 88.8 Å². The summed E-state index contributed by atoms with van der Waals surface area (Å²) in [6, 6.07) is 6.18. The van der Waals surface area contributed by atoms with Gasteiger partial charge in [0.05, 0.1) is 11.4 Å². The van der Waals surface area contributed by atoms with Gasteiger partial charge in [0.25, 0.3) is 5.91 Å². The van der Waals surface area contributed by atoms with Crippen molar-refractivity contribution in [3.05, 3.63) is 59.0 Å². The van der Waals surface area contributed by atoms with Crippen LogP contribution in [0, 0.1) is 18.7 Å². The number of rotatable bonds is 6. The summed E-state index contributed by atoms with van der Waals surface area (Å²) in [5, 5.41) is 20.0. The van der Waals surface area contributed by atoms with E-state index in [1.54, 1.807) is 6.92 Å². The van der Waals surface area contributed by atoms with Crippen molar-refractivity contribution in [2.24, 2.45) is 5.92 Å². The molecule has 0 radical (unpaired) electrons. The number of benzene rings is 2. The molecule has 33 heavy (non-hydrogen) atoms. The van der Waals surface area contributed by atoms with Crippen LogP contribution in [0.1, 0.15) is 47.8 Å². The molecule has 176 valence electrons. The van der Waals surface area contributed by atoms with Crippen molar-refractivity contribution < 1.29 is 42.1 Å². The Morgan fingerprint density at radius 1 is 1.15 bits per heavy atom. The van der Waals surface area contributed by atoms with E-state index < -0.39 is 41.5 Å². The average molecular weight is 467 g/mol. The smallest absolute Gasteiger partial charge is 0.505 e. The fourth-order valence-corrected chi connectivity index (χ4v) is 3.92. The lowest BCUT2D eigenvalue weighted by atomic mass is 9.84. The highest BCUT2D eigenvalue weighted by Crippen LogP contribution is 2.39. The molecule has 3 rings (SSSR count). The van der Waals surface area contributed by atoms with Gasteiger partial charge < -0.3 is 14.9 Å². The molecule has 1 unspecified atom stereocenters. The van der Waals surface area contributed by atoms with E-state index in [0.717, 1.165) is 41.0 Å². The van der Waals surface area contributed by atoms with E-state index in [2.05, 4.69) is 4.74 Å². The summed E-state index contributed by atoms with van der Waals surface area (Å²) in [5.41, 5.74) is 0.490. The number of phenols is 1. The molecule has 10 heteroatoms. The van der Waals surface area contributed by atoms with Gasteiger partial charge in [-0.05, 0) is 48.7 Å². The van der Waals surface area contributed by atoms with Crippen LogP contribution in [0.2, 0.25) is 0 Å². The third-order valence-electron chi connectivity index (χ3n) is 5.65. The first-order chi connectivity index (χ1) is 15.4. The normalized spacial score (nSPS) is 13.7. The van der Waals surface area contributed by atoms with Crippen molar-refractivity contribution in [1.29, 1.82) is 0 Å². The van der Waals surface area contributed by atoms with Crippen LogP contribution in [0.3, 0.4) is 0 Å². The summed E-state index contributed by atoms with van der Waals surface area (Å²) in [5.74, 6) is -5.47. The van der Waals surface area contributed by atoms with Gasteiger partial charge in [0.2, 0.25) is 0 Å². The highest BCUT2D eigenvalue weighted by molar-refractivity contribution is 6.05. The highest BCUT2D eigenvalue weighted by atomic mass is 19.4. The van der Waals surface area contributed by atoms with Crippen LogP contribution in [0.4, 0.5) is 17.6 Å². The molecule has 1 heterocycles. The van der Waals surface area contributed by atoms with Gasteiger partial charge in [-0.2, -0.15) is 0 Å². The van der Waals surface area contributed by atoms with Crippen molar-refractivity contribution >= 4 is 22.8 Å². The summed E-state index contributed by atoms with van der Waals surface area (Å²) >= 11 is 0. The Bertz CT molecular complexity index is 1210. The molecule has 2 N–H and O–H groups in total. The van der Waals surface area contributed by atoms with Gasteiger partial charge in [0, 0.05) is 22.7 Å². The Morgan fingerprint density at radius 2 is 1.76 bits per heavy atom. The van der Waals surface area contributed by atoms with Crippen molar-refractivity contribution in [3.8, 4) is 11.5 Å². The summed E-state index contributed by atoms with van der Waals surface area (Å²) in [6.45, 7) is 5.04. The standard InChI is InChI=1S/C23H21F4NO5/c1-4-11(2)19(22(31)32)20-12(3)28(17-10-16(24)18(29)9-15(17)20)21(30)13-5-7-14(8-6-13)33-23(25,26)27/h5-11,19,29H,4H2,1-3H3,(H,31,32)/t11-,19?/m1/s1. The Labute approximate surface area is 186 Å². The Kier molecular flexibility index (Phi) is 6.40. The van der Waals surface area contributed by atoms with E-state index in [9.17, 15) is 37.4 Å². The second-order valence-electron chi connectivity index (χ2n) is 7.73. The van der Waals surface area contributed by atoms with E-state index in [1.165, 1.54) is 6.92 Å². The molecule has 0 bridgehead atoms. The maximum absolute atomic E-state index is 14.2. The summed E-state index contributed by atoms with van der Waals surface area (Å²) in [6.07, 6.45) is -4.39. The number of aliphatic carboxylic acids is 1. The fourth-order valence-electron chi connectivity index (χ4n) is 3.92. The summed E-state index contributed by atoms with van der Waals surface area (Å²) < 4.78 is 56.3. The fraction of sp³-hybridized carbons (Fsp3) is 0.304. The second kappa shape index (κ2) is 8.76. The molecule has 0 aliphatic carbocycles. The molecule has 2 aromatic carbocycles. The van der Waals surface area contributed by atoms with Crippen molar-refractivity contribution in [2.45, 2.75) is 39.5 Å². The number of aromatic hydroxyl groups is 1. The zero-order valence-corrected chi connectivity index (χ0v) is 17.9. The number of carboxylic acids is 1. The molecule has 3 aromatic rings. The van der Waals surface area contributed by atoms with Gasteiger partial charge in [-0.3, -0.25) is 14.2 Å². The largest absolute Gasteiger partial charge is 0.573 e. The zero-order valence-electron chi connectivity index (χ0n) is 17.9. The van der Waals surface area contributed by atoms with Crippen molar-refractivity contribution in [2.75, 3.05) is 0 Å². The minimum Gasteiger partial charge on any atom is -0.505 e. The third kappa shape index (κ3) is 4.64. The molecule has 0 aliphatic rings. The number of phenolic OH excluding ortho intramolecular Hbond substituents is 1. The molecule has 0 fully saturated rings. The Balaban J connectivity index is 2.21. The van der Waals surface area contributed by atoms with Crippen LogP contribution in [-0.2, 0) is 4.79 Å². The van der Waals surface area contributed by atoms with E-state index in [4.69, 9.17) is 0 Å². The van der Waals surface area contributed by atoms with E-state index in [1.807, 2.05) is 6.92 Å². The van der Waals surface area contributed by atoms with Gasteiger partial charge in [-0.25, -0.2) is 4.39 Å². The first-order valence-electron chi connectivity index (χ1n) is 10.0. The van der Waals surface area contributed by atoms with E-state index >= 15 is 0 Å². The van der Waals surface area contributed by atoms with Crippen LogP contribution >= 0.6 is 0 Å². The van der Waals surface area contributed by atoms with E-state index in [0.29, 0.717) is 6.42 Å². The predicted molar refractivity (Wildman–Crippen MR) is 111 cm³/mol. The monoisotopic (exact) mass is 467 g/mol. The number of carbonyl (C=O) groups is 2. The minimum atomic E-state index is -4.89. The number of halogens is 4. The van der Waals surface area contributed by atoms with Crippen LogP contribution in [0.15, 0.2) is 36.4 Å². The molecule has 0 spiro atoms. The Morgan fingerprint density at radius 3 is 2.27 bits per heavy atom. The number of fused-ring (bicyclic) bond motifs is 1. The van der Waals surface area contributed by atoms with Gasteiger partial charge in [-0.1, -0.05) is 20.3 Å². The number of carboxylic acid groups (broad SMARTS) is 1. The number of aromatic nitrogens is 1. The van der Waals surface area contributed by atoms with Crippen molar-refractivity contribution in [1.82, 2.24) is 4.57 Å². The van der Waals surface area contributed by atoms with Gasteiger partial charge in [0.1, 0.15) is 5.75 Å². The summed E-state index contributed by atoms with van der Waals surface area (Å²) in [4.78, 5) is 25.4. The maximum Gasteiger partial charge on any atom is 0.573 e. The number of hydrogen-bond donors (Lipinski definition) is 2. The maximum atomic E-state index is 14.2. The third-order valence-corrected chi connectivity index (χ3v) is 5.65. The highest BCUT2D eigenvalue weighted by Gasteiger charge is 2.34. The number of alkyl halides is 3. The lowest BCUT2D eigenvalue weighted by molar-refractivity contribution is -0.274. The predicted octanol–water partition coefficient (Wildman–Crippen LogP) is 5.60. The van der Waals surface area contributed by atoms with Gasteiger partial charge in [-0.15, -0.1) is 13.2 Å². The number of carbonyl (C=O) groups excluding carboxylic acids is 1. The average Bonchev–Trinajstić information content (AvgIpc) is 2.98. The van der Waals surface area contributed by atoms with Crippen molar-refractivity contribution in [3.63, 3.8) is 0 Å². The molecular weight excluding hydrogens is 446 g/mol. The summed E-state index contributed by atoms with van der Waals surface area (Å²) in [7, 11) is 0. The van der Waals surface area contributed by atoms with Crippen LogP contribution < -0.4 is 4.74 Å². The Hall–Kier alpha value is -3.56. The molecule has 0 amide bonds. The van der Waals surface area contributed by atoms with Crippen LogP contribution in [-0.4, -0.2) is 33.0 Å². The van der Waals surface area contributed by atoms with Crippen LogP contribution in [0.5, 0.6) is 11.5 Å². The van der Waals surface area contributed by atoms with E-state index in [-0.39, 0.29) is 33.6 Å². The molecular formula is C23H21F4NO5. The lowest BCUT2D eigenvalue weighted by Gasteiger charge is -2.20. The molecule has 0 saturated heterocycles. The zero-order chi connectivity index (χ0) is 24.7. The first-order valence-corrected chi connectivity index (χ1v) is 10.0. The second-order valence-corrected chi connectivity index (χ2v) is 7.73. The quantitative estimate of drug-likeness (QED) is 0.461. The van der Waals surface area contributed by atoms with Gasteiger partial charge >= 0.3 is 12.3 Å². The molecule has 2 atom stereocenters. The molecule has 6 nitrogen and oxygen atoms in total. The number of hydrogen-bond acceptors (Lipinski definition) is 4. The number of ether oxygens (including phenoxy) is 1. The minimum absolute atomic E-state index is 0.0278. The molecule has 1 aromatic heterocycles. The van der Waals surface area contributed by atoms with Gasteiger partial charge in [0.15, 0.2) is 11.6 Å². The van der Waals surface area contributed by atoms with Crippen LogP contribution in [0.25, 0.3) is 10.9 Å². The first kappa shape index (κ1) is 24.1. The molecule has 0 saturated carbocycles. The SMILES string of the molecule is CC[C@@H](C)C(C(=O)O)c1c(C)n(C(=O)c2ccc(OC(F)(F)F)cc2)c2cc(F)c(O)cc12.